The summed E-state index contributed by atoms with van der Waals surface area (Å²) in [5.74, 6) is -0.998. The molecule has 0 saturated heterocycles. The highest BCUT2D eigenvalue weighted by molar-refractivity contribution is 5.85. The van der Waals surface area contributed by atoms with Crippen molar-refractivity contribution in [1.82, 2.24) is 9.55 Å². The van der Waals surface area contributed by atoms with Gasteiger partial charge in [0.05, 0.1) is 6.33 Å². The molecule has 0 radical (unpaired) electrons. The summed E-state index contributed by atoms with van der Waals surface area (Å²) in [6.07, 6.45) is 3.06. The Bertz CT molecular complexity index is 505. The number of halogens is 1. The molecule has 0 saturated carbocycles. The molecule has 1 aromatic carbocycles. The highest BCUT2D eigenvalue weighted by Crippen LogP contribution is 2.06. The highest BCUT2D eigenvalue weighted by atomic mass is 35.5. The third-order valence-corrected chi connectivity index (χ3v) is 2.34. The predicted octanol–water partition coefficient (Wildman–Crippen LogP) is 2.36. The Morgan fingerprint density at radius 2 is 2.00 bits per heavy atom. The van der Waals surface area contributed by atoms with Crippen molar-refractivity contribution in [3.05, 3.63) is 53.6 Å². The first-order valence-electron chi connectivity index (χ1n) is 4.96. The molecule has 1 aromatic heterocycles. The summed E-state index contributed by atoms with van der Waals surface area (Å²) >= 11 is 0. The molecule has 0 spiro atoms. The monoisotopic (exact) mass is 252 g/mol. The highest BCUT2D eigenvalue weighted by Gasteiger charge is 2.06. The lowest BCUT2D eigenvalue weighted by atomic mass is 10.1. The van der Waals surface area contributed by atoms with Crippen molar-refractivity contribution in [2.24, 2.45) is 0 Å². The van der Waals surface area contributed by atoms with Crippen molar-refractivity contribution < 1.29 is 9.90 Å². The van der Waals surface area contributed by atoms with Crippen LogP contribution in [0.5, 0.6) is 0 Å². The quantitative estimate of drug-likeness (QED) is 0.912. The second kappa shape index (κ2) is 5.50. The van der Waals surface area contributed by atoms with Crippen LogP contribution in [0.2, 0.25) is 0 Å². The van der Waals surface area contributed by atoms with E-state index in [0.717, 1.165) is 5.56 Å². The largest absolute Gasteiger partial charge is 0.476 e. The van der Waals surface area contributed by atoms with Crippen LogP contribution < -0.4 is 0 Å². The summed E-state index contributed by atoms with van der Waals surface area (Å²) in [5, 5.41) is 8.72. The summed E-state index contributed by atoms with van der Waals surface area (Å²) in [7, 11) is 0. The summed E-state index contributed by atoms with van der Waals surface area (Å²) in [4.78, 5) is 14.4. The molecular formula is C12H13ClN2O2. The van der Waals surface area contributed by atoms with Crippen molar-refractivity contribution in [2.75, 3.05) is 0 Å². The van der Waals surface area contributed by atoms with E-state index in [1.165, 1.54) is 18.1 Å². The van der Waals surface area contributed by atoms with Gasteiger partial charge in [-0.1, -0.05) is 29.8 Å². The van der Waals surface area contributed by atoms with Gasteiger partial charge in [-0.25, -0.2) is 9.78 Å². The molecule has 5 heteroatoms. The number of aromatic carboxylic acids is 1. The zero-order valence-corrected chi connectivity index (χ0v) is 10.1. The van der Waals surface area contributed by atoms with Gasteiger partial charge in [-0.05, 0) is 12.5 Å². The van der Waals surface area contributed by atoms with Crippen LogP contribution in [0.4, 0.5) is 0 Å². The van der Waals surface area contributed by atoms with Gasteiger partial charge >= 0.3 is 5.97 Å². The average Bonchev–Trinajstić information content (AvgIpc) is 2.70. The number of benzene rings is 1. The lowest BCUT2D eigenvalue weighted by molar-refractivity contribution is 0.0691. The Morgan fingerprint density at radius 1 is 1.35 bits per heavy atom. The SMILES string of the molecule is Cc1ccc(Cn2cnc(C(=O)O)c2)cc1.Cl. The standard InChI is InChI=1S/C12H12N2O2.ClH/c1-9-2-4-10(5-3-9)6-14-7-11(12(15)16)13-8-14;/h2-5,7-8H,6H2,1H3,(H,15,16);1H. The molecule has 17 heavy (non-hydrogen) atoms. The minimum absolute atomic E-state index is 0. The summed E-state index contributed by atoms with van der Waals surface area (Å²) in [6, 6.07) is 8.11. The summed E-state index contributed by atoms with van der Waals surface area (Å²) in [5.41, 5.74) is 2.41. The molecule has 0 aliphatic heterocycles. The Hall–Kier alpha value is -1.81. The maximum Gasteiger partial charge on any atom is 0.356 e. The van der Waals surface area contributed by atoms with Crippen LogP contribution in [0.3, 0.4) is 0 Å². The Morgan fingerprint density at radius 3 is 2.53 bits per heavy atom. The first-order chi connectivity index (χ1) is 7.65. The molecule has 1 heterocycles. The fourth-order valence-electron chi connectivity index (χ4n) is 1.46. The van der Waals surface area contributed by atoms with Crippen LogP contribution in [-0.2, 0) is 6.54 Å². The summed E-state index contributed by atoms with van der Waals surface area (Å²) < 4.78 is 1.76. The third kappa shape index (κ3) is 3.32. The molecule has 2 aromatic rings. The number of hydrogen-bond acceptors (Lipinski definition) is 2. The Labute approximate surface area is 105 Å². The van der Waals surface area contributed by atoms with Gasteiger partial charge < -0.3 is 9.67 Å². The molecule has 1 N–H and O–H groups in total. The molecule has 0 atom stereocenters. The van der Waals surface area contributed by atoms with E-state index in [0.29, 0.717) is 6.54 Å². The first kappa shape index (κ1) is 13.3. The van der Waals surface area contributed by atoms with Gasteiger partial charge in [0.1, 0.15) is 0 Å². The summed E-state index contributed by atoms with van der Waals surface area (Å²) in [6.45, 7) is 2.67. The molecule has 0 aliphatic carbocycles. The third-order valence-electron chi connectivity index (χ3n) is 2.34. The number of rotatable bonds is 3. The minimum Gasteiger partial charge on any atom is -0.476 e. The molecular weight excluding hydrogens is 240 g/mol. The van der Waals surface area contributed by atoms with Gasteiger partial charge in [-0.15, -0.1) is 12.4 Å². The molecule has 0 unspecified atom stereocenters. The van der Waals surface area contributed by atoms with E-state index in [9.17, 15) is 4.79 Å². The molecule has 0 bridgehead atoms. The van der Waals surface area contributed by atoms with E-state index in [1.54, 1.807) is 4.57 Å². The van der Waals surface area contributed by atoms with Crippen molar-refractivity contribution in [2.45, 2.75) is 13.5 Å². The van der Waals surface area contributed by atoms with E-state index in [2.05, 4.69) is 4.98 Å². The number of imidazole rings is 1. The maximum atomic E-state index is 10.6. The molecule has 4 nitrogen and oxygen atoms in total. The van der Waals surface area contributed by atoms with Crippen LogP contribution in [0.25, 0.3) is 0 Å². The predicted molar refractivity (Wildman–Crippen MR) is 66.7 cm³/mol. The lowest BCUT2D eigenvalue weighted by Crippen LogP contribution is -1.98. The van der Waals surface area contributed by atoms with E-state index >= 15 is 0 Å². The second-order valence-corrected chi connectivity index (χ2v) is 3.72. The minimum atomic E-state index is -0.998. The van der Waals surface area contributed by atoms with Gasteiger partial charge in [-0.2, -0.15) is 0 Å². The number of carbonyl (C=O) groups is 1. The number of aromatic nitrogens is 2. The maximum absolute atomic E-state index is 10.6. The van der Waals surface area contributed by atoms with Gasteiger partial charge in [0.25, 0.3) is 0 Å². The second-order valence-electron chi connectivity index (χ2n) is 3.72. The van der Waals surface area contributed by atoms with Gasteiger partial charge in [0, 0.05) is 12.7 Å². The van der Waals surface area contributed by atoms with Crippen molar-refractivity contribution in [3.8, 4) is 0 Å². The van der Waals surface area contributed by atoms with Crippen molar-refractivity contribution >= 4 is 18.4 Å². The van der Waals surface area contributed by atoms with Crippen molar-refractivity contribution in [3.63, 3.8) is 0 Å². The van der Waals surface area contributed by atoms with Gasteiger partial charge in [0.15, 0.2) is 5.69 Å². The molecule has 90 valence electrons. The zero-order chi connectivity index (χ0) is 11.5. The number of hydrogen-bond donors (Lipinski definition) is 1. The normalized spacial score (nSPS) is 9.71. The smallest absolute Gasteiger partial charge is 0.356 e. The number of nitrogens with zero attached hydrogens (tertiary/aromatic N) is 2. The molecule has 0 amide bonds. The van der Waals surface area contributed by atoms with Crippen LogP contribution in [0, 0.1) is 6.92 Å². The van der Waals surface area contributed by atoms with Gasteiger partial charge in [0.2, 0.25) is 0 Å². The molecule has 0 fully saturated rings. The van der Waals surface area contributed by atoms with Crippen LogP contribution >= 0.6 is 12.4 Å². The number of aryl methyl sites for hydroxylation is 1. The van der Waals surface area contributed by atoms with E-state index in [-0.39, 0.29) is 18.1 Å². The fourth-order valence-corrected chi connectivity index (χ4v) is 1.46. The molecule has 2 rings (SSSR count). The topological polar surface area (TPSA) is 55.1 Å². The van der Waals surface area contributed by atoms with Crippen molar-refractivity contribution in [1.29, 1.82) is 0 Å². The van der Waals surface area contributed by atoms with Crippen LogP contribution in [0.15, 0.2) is 36.8 Å². The molecule has 0 aliphatic rings. The lowest BCUT2D eigenvalue weighted by Gasteiger charge is -2.02. The number of carboxylic acids is 1. The van der Waals surface area contributed by atoms with E-state index < -0.39 is 5.97 Å². The Kier molecular flexibility index (Phi) is 4.29. The van der Waals surface area contributed by atoms with Gasteiger partial charge in [-0.3, -0.25) is 0 Å². The fraction of sp³-hybridized carbons (Fsp3) is 0.167. The van der Waals surface area contributed by atoms with E-state index in [4.69, 9.17) is 5.11 Å². The number of carboxylic acid groups (broad SMARTS) is 1. The van der Waals surface area contributed by atoms with Crippen LogP contribution in [0.1, 0.15) is 21.6 Å². The van der Waals surface area contributed by atoms with E-state index in [1.807, 2.05) is 31.2 Å². The first-order valence-corrected chi connectivity index (χ1v) is 4.96. The Balaban J connectivity index is 0.00000144. The average molecular weight is 253 g/mol. The zero-order valence-electron chi connectivity index (χ0n) is 9.33. The van der Waals surface area contributed by atoms with Crippen LogP contribution in [-0.4, -0.2) is 20.6 Å².